The predicted molar refractivity (Wildman–Crippen MR) is 104 cm³/mol. The van der Waals surface area contributed by atoms with Crippen LogP contribution in [-0.4, -0.2) is 35.0 Å². The van der Waals surface area contributed by atoms with E-state index in [1.807, 2.05) is 12.1 Å². The first-order chi connectivity index (χ1) is 11.8. The number of amides is 1. The van der Waals surface area contributed by atoms with Crippen molar-refractivity contribution < 1.29 is 4.79 Å². The van der Waals surface area contributed by atoms with Crippen LogP contribution in [-0.2, 0) is 6.54 Å². The van der Waals surface area contributed by atoms with Crippen LogP contribution in [0.15, 0.2) is 18.2 Å². The van der Waals surface area contributed by atoms with Crippen LogP contribution in [0.1, 0.15) is 69.3 Å². The third kappa shape index (κ3) is 5.19. The monoisotopic (exact) mass is 346 g/mol. The number of hydrogen-bond acceptors (Lipinski definition) is 4. The minimum atomic E-state index is -0.0785. The smallest absolute Gasteiger partial charge is 0.251 e. The fraction of sp³-hybridized carbons (Fsp3) is 0.650. The van der Waals surface area contributed by atoms with Crippen LogP contribution >= 0.6 is 0 Å². The van der Waals surface area contributed by atoms with E-state index in [1.54, 1.807) is 6.07 Å². The topological polar surface area (TPSA) is 84.4 Å². The molecule has 1 aliphatic rings. The molecule has 5 heteroatoms. The molecule has 0 radical (unpaired) electrons. The van der Waals surface area contributed by atoms with Gasteiger partial charge in [0, 0.05) is 42.0 Å². The van der Waals surface area contributed by atoms with Crippen molar-refractivity contribution in [2.24, 2.45) is 5.73 Å². The van der Waals surface area contributed by atoms with Crippen molar-refractivity contribution in [2.45, 2.75) is 84.1 Å². The SMILES string of the molecule is CC(C)N(Cc1ccc(C(=O)NC2CCCCC2N)cc1N)C(C)C. The minimum absolute atomic E-state index is 0.0555. The van der Waals surface area contributed by atoms with Crippen LogP contribution in [0, 0.1) is 0 Å². The Hall–Kier alpha value is -1.59. The molecule has 1 amide bonds. The van der Waals surface area contributed by atoms with E-state index in [2.05, 4.69) is 37.9 Å². The lowest BCUT2D eigenvalue weighted by Crippen LogP contribution is -2.49. The summed E-state index contributed by atoms with van der Waals surface area (Å²) in [5.74, 6) is -0.0785. The molecule has 5 nitrogen and oxygen atoms in total. The lowest BCUT2D eigenvalue weighted by atomic mass is 9.91. The summed E-state index contributed by atoms with van der Waals surface area (Å²) >= 11 is 0. The van der Waals surface area contributed by atoms with Gasteiger partial charge in [0.05, 0.1) is 0 Å². The van der Waals surface area contributed by atoms with Crippen molar-refractivity contribution >= 4 is 11.6 Å². The highest BCUT2D eigenvalue weighted by molar-refractivity contribution is 5.95. The van der Waals surface area contributed by atoms with Gasteiger partial charge in [-0.2, -0.15) is 0 Å². The molecule has 1 aliphatic carbocycles. The molecule has 1 fully saturated rings. The number of anilines is 1. The number of nitrogens with zero attached hydrogens (tertiary/aromatic N) is 1. The van der Waals surface area contributed by atoms with Gasteiger partial charge >= 0.3 is 0 Å². The Kier molecular flexibility index (Phi) is 6.85. The highest BCUT2D eigenvalue weighted by Gasteiger charge is 2.24. The number of hydrogen-bond donors (Lipinski definition) is 3. The standard InChI is InChI=1S/C20H34N4O/c1-13(2)24(14(3)4)12-16-10-9-15(11-18(16)22)20(25)23-19-8-6-5-7-17(19)21/h9-11,13-14,17,19H,5-8,12,21-22H2,1-4H3,(H,23,25). The Bertz CT molecular complexity index is 577. The van der Waals surface area contributed by atoms with E-state index in [9.17, 15) is 4.79 Å². The molecule has 2 unspecified atom stereocenters. The third-order valence-electron chi connectivity index (χ3n) is 5.22. The van der Waals surface area contributed by atoms with Crippen LogP contribution in [0.25, 0.3) is 0 Å². The van der Waals surface area contributed by atoms with Gasteiger partial charge in [0.15, 0.2) is 0 Å². The highest BCUT2D eigenvalue weighted by Crippen LogP contribution is 2.21. The summed E-state index contributed by atoms with van der Waals surface area (Å²) in [6.07, 6.45) is 4.21. The summed E-state index contributed by atoms with van der Waals surface area (Å²) in [5.41, 5.74) is 14.7. The zero-order valence-corrected chi connectivity index (χ0v) is 16.1. The van der Waals surface area contributed by atoms with E-state index in [4.69, 9.17) is 11.5 Å². The lowest BCUT2D eigenvalue weighted by Gasteiger charge is -2.31. The second-order valence-corrected chi connectivity index (χ2v) is 7.80. The Balaban J connectivity index is 2.06. The fourth-order valence-corrected chi connectivity index (χ4v) is 3.63. The average molecular weight is 347 g/mol. The van der Waals surface area contributed by atoms with E-state index in [0.717, 1.165) is 37.8 Å². The quantitative estimate of drug-likeness (QED) is 0.692. The van der Waals surface area contributed by atoms with Crippen molar-refractivity contribution in [3.8, 4) is 0 Å². The molecule has 25 heavy (non-hydrogen) atoms. The molecule has 0 aromatic heterocycles. The van der Waals surface area contributed by atoms with Gasteiger partial charge in [-0.15, -0.1) is 0 Å². The van der Waals surface area contributed by atoms with E-state index in [1.165, 1.54) is 0 Å². The first-order valence-corrected chi connectivity index (χ1v) is 9.50. The van der Waals surface area contributed by atoms with E-state index in [0.29, 0.717) is 23.3 Å². The molecule has 0 aliphatic heterocycles. The van der Waals surface area contributed by atoms with Crippen molar-refractivity contribution in [1.82, 2.24) is 10.2 Å². The van der Waals surface area contributed by atoms with E-state index < -0.39 is 0 Å². The molecule has 0 heterocycles. The summed E-state index contributed by atoms with van der Waals surface area (Å²) in [6, 6.07) is 6.64. The Morgan fingerprint density at radius 3 is 2.40 bits per heavy atom. The Morgan fingerprint density at radius 1 is 1.20 bits per heavy atom. The molecule has 140 valence electrons. The fourth-order valence-electron chi connectivity index (χ4n) is 3.63. The van der Waals surface area contributed by atoms with Crippen LogP contribution in [0.5, 0.6) is 0 Å². The zero-order chi connectivity index (χ0) is 18.6. The second-order valence-electron chi connectivity index (χ2n) is 7.80. The van der Waals surface area contributed by atoms with E-state index >= 15 is 0 Å². The molecule has 1 aromatic carbocycles. The maximum atomic E-state index is 12.5. The number of nitrogens with one attached hydrogen (secondary N) is 1. The van der Waals surface area contributed by atoms with Crippen LogP contribution in [0.2, 0.25) is 0 Å². The molecular formula is C20H34N4O. The normalized spacial score (nSPS) is 21.1. The largest absolute Gasteiger partial charge is 0.398 e. The lowest BCUT2D eigenvalue weighted by molar-refractivity contribution is 0.0921. The summed E-state index contributed by atoms with van der Waals surface area (Å²) in [5, 5.41) is 3.08. The molecule has 0 bridgehead atoms. The Labute approximate surface area is 152 Å². The molecule has 0 saturated heterocycles. The summed E-state index contributed by atoms with van der Waals surface area (Å²) in [7, 11) is 0. The Morgan fingerprint density at radius 2 is 1.84 bits per heavy atom. The number of nitrogen functional groups attached to an aromatic ring is 1. The zero-order valence-electron chi connectivity index (χ0n) is 16.1. The van der Waals surface area contributed by atoms with E-state index in [-0.39, 0.29) is 18.0 Å². The van der Waals surface area contributed by atoms with Crippen LogP contribution in [0.3, 0.4) is 0 Å². The predicted octanol–water partition coefficient (Wildman–Crippen LogP) is 2.89. The van der Waals surface area contributed by atoms with Crippen molar-refractivity contribution in [3.05, 3.63) is 29.3 Å². The summed E-state index contributed by atoms with van der Waals surface area (Å²) in [6.45, 7) is 9.53. The first-order valence-electron chi connectivity index (χ1n) is 9.50. The van der Waals surface area contributed by atoms with Gasteiger partial charge < -0.3 is 16.8 Å². The number of benzene rings is 1. The highest BCUT2D eigenvalue weighted by atomic mass is 16.1. The van der Waals surface area contributed by atoms with Crippen molar-refractivity contribution in [3.63, 3.8) is 0 Å². The van der Waals surface area contributed by atoms with Gasteiger partial charge in [0.2, 0.25) is 0 Å². The first kappa shape index (κ1) is 19.7. The number of nitrogens with two attached hydrogens (primary N) is 2. The number of carbonyl (C=O) groups excluding carboxylic acids is 1. The number of carbonyl (C=O) groups is 1. The molecular weight excluding hydrogens is 312 g/mol. The molecule has 2 atom stereocenters. The minimum Gasteiger partial charge on any atom is -0.398 e. The van der Waals surface area contributed by atoms with Gasteiger partial charge in [-0.05, 0) is 58.2 Å². The second kappa shape index (κ2) is 8.68. The maximum absolute atomic E-state index is 12.5. The summed E-state index contributed by atoms with van der Waals surface area (Å²) in [4.78, 5) is 14.9. The van der Waals surface area contributed by atoms with Crippen LogP contribution < -0.4 is 16.8 Å². The molecule has 5 N–H and O–H groups in total. The molecule has 1 saturated carbocycles. The maximum Gasteiger partial charge on any atom is 0.251 e. The third-order valence-corrected chi connectivity index (χ3v) is 5.22. The molecule has 2 rings (SSSR count). The van der Waals surface area contributed by atoms with Gasteiger partial charge in [0.1, 0.15) is 0 Å². The number of rotatable bonds is 6. The van der Waals surface area contributed by atoms with Gasteiger partial charge in [0.25, 0.3) is 5.91 Å². The average Bonchev–Trinajstić information content (AvgIpc) is 2.55. The van der Waals surface area contributed by atoms with Crippen LogP contribution in [0.4, 0.5) is 5.69 Å². The molecule has 0 spiro atoms. The molecule has 1 aromatic rings. The van der Waals surface area contributed by atoms with Crippen molar-refractivity contribution in [1.29, 1.82) is 0 Å². The summed E-state index contributed by atoms with van der Waals surface area (Å²) < 4.78 is 0. The van der Waals surface area contributed by atoms with Gasteiger partial charge in [-0.1, -0.05) is 18.9 Å². The van der Waals surface area contributed by atoms with Crippen molar-refractivity contribution in [2.75, 3.05) is 5.73 Å². The van der Waals surface area contributed by atoms with Gasteiger partial charge in [-0.3, -0.25) is 9.69 Å². The van der Waals surface area contributed by atoms with Gasteiger partial charge in [-0.25, -0.2) is 0 Å².